The Balaban J connectivity index is 1.53. The van der Waals surface area contributed by atoms with Gasteiger partial charge in [-0.1, -0.05) is 28.1 Å². The fourth-order valence-electron chi connectivity index (χ4n) is 2.75. The number of nitrogens with one attached hydrogen (secondary N) is 2. The second kappa shape index (κ2) is 6.80. The van der Waals surface area contributed by atoms with Crippen molar-refractivity contribution < 1.29 is 19.1 Å². The molecule has 8 heteroatoms. The third-order valence-electron chi connectivity index (χ3n) is 4.04. The normalized spacial score (nSPS) is 18.1. The number of carbonyl (C=O) groups excluding carboxylic acids is 2. The third kappa shape index (κ3) is 3.41. The van der Waals surface area contributed by atoms with Crippen molar-refractivity contribution in [2.45, 2.75) is 12.5 Å². The SMILES string of the molecule is O=C1C[C@@H](c2ccc(Br)cc2)N=C(NC(=O)c2ccc3c(c2)OCO3)N1. The second-order valence-electron chi connectivity index (χ2n) is 5.82. The minimum atomic E-state index is -0.390. The molecule has 0 bridgehead atoms. The highest BCUT2D eigenvalue weighted by Gasteiger charge is 2.24. The van der Waals surface area contributed by atoms with Gasteiger partial charge in [0.15, 0.2) is 11.5 Å². The predicted molar refractivity (Wildman–Crippen MR) is 97.1 cm³/mol. The predicted octanol–water partition coefficient (Wildman–Crippen LogP) is 2.52. The lowest BCUT2D eigenvalue weighted by molar-refractivity contribution is -0.120. The minimum absolute atomic E-state index is 0.136. The Kier molecular flexibility index (Phi) is 4.34. The van der Waals surface area contributed by atoms with Crippen LogP contribution in [0.1, 0.15) is 28.4 Å². The van der Waals surface area contributed by atoms with E-state index in [1.165, 1.54) is 0 Å². The van der Waals surface area contributed by atoms with Crippen LogP contribution in [0.4, 0.5) is 0 Å². The molecule has 26 heavy (non-hydrogen) atoms. The van der Waals surface area contributed by atoms with E-state index in [1.807, 2.05) is 24.3 Å². The molecule has 0 spiro atoms. The molecule has 0 fully saturated rings. The quantitative estimate of drug-likeness (QED) is 0.788. The fraction of sp³-hybridized carbons (Fsp3) is 0.167. The maximum Gasteiger partial charge on any atom is 0.258 e. The first-order chi connectivity index (χ1) is 12.6. The molecular weight excluding hydrogens is 402 g/mol. The van der Waals surface area contributed by atoms with Crippen molar-refractivity contribution in [3.8, 4) is 11.5 Å². The van der Waals surface area contributed by atoms with Gasteiger partial charge in [0.1, 0.15) is 0 Å². The Morgan fingerprint density at radius 1 is 1.15 bits per heavy atom. The molecule has 0 unspecified atom stereocenters. The van der Waals surface area contributed by atoms with E-state index in [-0.39, 0.29) is 37.0 Å². The Hall–Kier alpha value is -2.87. The van der Waals surface area contributed by atoms with Crippen LogP contribution >= 0.6 is 15.9 Å². The maximum absolute atomic E-state index is 12.5. The van der Waals surface area contributed by atoms with Gasteiger partial charge in [-0.05, 0) is 35.9 Å². The van der Waals surface area contributed by atoms with Crippen molar-refractivity contribution in [2.24, 2.45) is 4.99 Å². The number of nitrogens with zero attached hydrogens (tertiary/aromatic N) is 1. The Bertz CT molecular complexity index is 911. The van der Waals surface area contributed by atoms with Crippen LogP contribution in [0.25, 0.3) is 0 Å². The highest BCUT2D eigenvalue weighted by Crippen LogP contribution is 2.32. The van der Waals surface area contributed by atoms with Crippen molar-refractivity contribution in [2.75, 3.05) is 6.79 Å². The first-order valence-corrected chi connectivity index (χ1v) is 8.72. The van der Waals surface area contributed by atoms with Gasteiger partial charge < -0.3 is 9.47 Å². The van der Waals surface area contributed by atoms with Gasteiger partial charge in [-0.15, -0.1) is 0 Å². The summed E-state index contributed by atoms with van der Waals surface area (Å²) < 4.78 is 11.5. The van der Waals surface area contributed by atoms with E-state index in [9.17, 15) is 9.59 Å². The van der Waals surface area contributed by atoms with Crippen molar-refractivity contribution in [3.63, 3.8) is 0 Å². The fourth-order valence-corrected chi connectivity index (χ4v) is 3.02. The van der Waals surface area contributed by atoms with E-state index in [4.69, 9.17) is 9.47 Å². The molecule has 7 nitrogen and oxygen atoms in total. The van der Waals surface area contributed by atoms with E-state index in [0.29, 0.717) is 17.1 Å². The molecule has 0 saturated heterocycles. The summed E-state index contributed by atoms with van der Waals surface area (Å²) >= 11 is 3.38. The zero-order chi connectivity index (χ0) is 18.1. The van der Waals surface area contributed by atoms with Crippen LogP contribution in [0.2, 0.25) is 0 Å². The van der Waals surface area contributed by atoms with E-state index >= 15 is 0 Å². The van der Waals surface area contributed by atoms with Gasteiger partial charge in [0.25, 0.3) is 5.91 Å². The largest absolute Gasteiger partial charge is 0.454 e. The first kappa shape index (κ1) is 16.6. The highest BCUT2D eigenvalue weighted by atomic mass is 79.9. The molecule has 0 radical (unpaired) electrons. The molecule has 4 rings (SSSR count). The van der Waals surface area contributed by atoms with E-state index in [2.05, 4.69) is 31.6 Å². The van der Waals surface area contributed by atoms with Crippen LogP contribution in [0.15, 0.2) is 51.9 Å². The van der Waals surface area contributed by atoms with Gasteiger partial charge >= 0.3 is 0 Å². The smallest absolute Gasteiger partial charge is 0.258 e. The lowest BCUT2D eigenvalue weighted by atomic mass is 10.0. The van der Waals surface area contributed by atoms with Gasteiger partial charge in [-0.3, -0.25) is 20.2 Å². The summed E-state index contributed by atoms with van der Waals surface area (Å²) in [6, 6.07) is 12.1. The number of hydrogen-bond acceptors (Lipinski definition) is 5. The molecule has 0 aliphatic carbocycles. The Morgan fingerprint density at radius 3 is 2.73 bits per heavy atom. The van der Waals surface area contributed by atoms with Crippen LogP contribution in [0.3, 0.4) is 0 Å². The standard InChI is InChI=1S/C18H14BrN3O4/c19-12-4-1-10(2-5-12)13-8-16(23)21-18(20-13)22-17(24)11-3-6-14-15(7-11)26-9-25-14/h1-7,13H,8-9H2,(H2,20,21,22,23,24)/t13-/m0/s1. The molecule has 2 aromatic carbocycles. The summed E-state index contributed by atoms with van der Waals surface area (Å²) in [4.78, 5) is 28.9. The Morgan fingerprint density at radius 2 is 1.92 bits per heavy atom. The van der Waals surface area contributed by atoms with Crippen LogP contribution < -0.4 is 20.1 Å². The second-order valence-corrected chi connectivity index (χ2v) is 6.74. The van der Waals surface area contributed by atoms with Crippen LogP contribution in [0.5, 0.6) is 11.5 Å². The lowest BCUT2D eigenvalue weighted by Crippen LogP contribution is -2.47. The molecule has 2 aromatic rings. The summed E-state index contributed by atoms with van der Waals surface area (Å²) in [6.45, 7) is 0.137. The summed E-state index contributed by atoms with van der Waals surface area (Å²) in [6.07, 6.45) is 0.227. The number of halogens is 1. The van der Waals surface area contributed by atoms with Crippen molar-refractivity contribution in [1.29, 1.82) is 0 Å². The van der Waals surface area contributed by atoms with Gasteiger partial charge in [0.2, 0.25) is 18.7 Å². The Labute approximate surface area is 157 Å². The monoisotopic (exact) mass is 415 g/mol. The first-order valence-electron chi connectivity index (χ1n) is 7.92. The zero-order valence-corrected chi connectivity index (χ0v) is 15.1. The number of aliphatic imine (C=N–C) groups is 1. The van der Waals surface area contributed by atoms with Crippen LogP contribution in [-0.4, -0.2) is 24.6 Å². The van der Waals surface area contributed by atoms with E-state index in [1.54, 1.807) is 18.2 Å². The number of rotatable bonds is 2. The number of guanidine groups is 1. The molecule has 2 heterocycles. The summed E-state index contributed by atoms with van der Waals surface area (Å²) in [5.74, 6) is 0.657. The maximum atomic E-state index is 12.5. The van der Waals surface area contributed by atoms with Crippen molar-refractivity contribution in [1.82, 2.24) is 10.6 Å². The molecule has 2 aliphatic heterocycles. The van der Waals surface area contributed by atoms with Gasteiger partial charge in [-0.25, -0.2) is 4.99 Å². The van der Waals surface area contributed by atoms with E-state index < -0.39 is 0 Å². The van der Waals surface area contributed by atoms with Gasteiger partial charge in [0.05, 0.1) is 12.5 Å². The molecule has 0 aromatic heterocycles. The van der Waals surface area contributed by atoms with Crippen LogP contribution in [0, 0.1) is 0 Å². The minimum Gasteiger partial charge on any atom is -0.454 e. The highest BCUT2D eigenvalue weighted by molar-refractivity contribution is 9.10. The average molecular weight is 416 g/mol. The third-order valence-corrected chi connectivity index (χ3v) is 4.57. The number of hydrogen-bond donors (Lipinski definition) is 2. The number of ether oxygens (including phenoxy) is 2. The molecule has 2 N–H and O–H groups in total. The number of fused-ring (bicyclic) bond motifs is 1. The van der Waals surface area contributed by atoms with Crippen molar-refractivity contribution in [3.05, 3.63) is 58.1 Å². The molecule has 1 atom stereocenters. The van der Waals surface area contributed by atoms with Gasteiger partial charge in [-0.2, -0.15) is 0 Å². The van der Waals surface area contributed by atoms with E-state index in [0.717, 1.165) is 10.0 Å². The summed E-state index contributed by atoms with van der Waals surface area (Å²) in [5.41, 5.74) is 1.29. The number of benzene rings is 2. The molecule has 0 saturated carbocycles. The van der Waals surface area contributed by atoms with Gasteiger partial charge in [0, 0.05) is 10.0 Å². The zero-order valence-electron chi connectivity index (χ0n) is 13.5. The topological polar surface area (TPSA) is 89.0 Å². The molecule has 2 aliphatic rings. The lowest BCUT2D eigenvalue weighted by Gasteiger charge is -2.21. The number of carbonyl (C=O) groups is 2. The van der Waals surface area contributed by atoms with Crippen molar-refractivity contribution >= 4 is 33.7 Å². The molecule has 2 amide bonds. The summed E-state index contributed by atoms with van der Waals surface area (Å²) in [7, 11) is 0. The molecular formula is C18H14BrN3O4. The average Bonchev–Trinajstić information content (AvgIpc) is 3.09. The summed E-state index contributed by atoms with van der Waals surface area (Å²) in [5, 5.41) is 5.24. The molecule has 132 valence electrons. The van der Waals surface area contributed by atoms with Crippen LogP contribution in [-0.2, 0) is 4.79 Å². The number of amides is 2.